The van der Waals surface area contributed by atoms with Crippen LogP contribution >= 0.6 is 0 Å². The lowest BCUT2D eigenvalue weighted by Gasteiger charge is -2.44. The predicted octanol–water partition coefficient (Wildman–Crippen LogP) is 2.67. The highest BCUT2D eigenvalue weighted by atomic mass is 19.4. The summed E-state index contributed by atoms with van der Waals surface area (Å²) in [6.07, 6.45) is 0.261. The summed E-state index contributed by atoms with van der Waals surface area (Å²) in [5, 5.41) is 9.05. The topological polar surface area (TPSA) is 49.8 Å². The number of nitrogens with zero attached hydrogens (tertiary/aromatic N) is 1. The van der Waals surface area contributed by atoms with Crippen LogP contribution in [0.25, 0.3) is 0 Å². The highest BCUT2D eigenvalue weighted by molar-refractivity contribution is 5.68. The number of carboxylic acids is 1. The molecular weight excluding hydrogens is 275 g/mol. The molecule has 0 bridgehead atoms. The van der Waals surface area contributed by atoms with E-state index in [1.807, 2.05) is 4.90 Å². The van der Waals surface area contributed by atoms with Gasteiger partial charge in [0.05, 0.1) is 13.0 Å². The summed E-state index contributed by atoms with van der Waals surface area (Å²) in [7, 11) is 1.77. The van der Waals surface area contributed by atoms with Crippen molar-refractivity contribution in [3.63, 3.8) is 0 Å². The van der Waals surface area contributed by atoms with Gasteiger partial charge in [-0.1, -0.05) is 19.3 Å². The van der Waals surface area contributed by atoms with Crippen LogP contribution in [-0.4, -0.2) is 54.5 Å². The summed E-state index contributed by atoms with van der Waals surface area (Å²) in [4.78, 5) is 12.9. The molecule has 118 valence electrons. The zero-order valence-corrected chi connectivity index (χ0v) is 11.7. The molecular formula is C13H22F3NO3. The minimum atomic E-state index is -4.32. The third kappa shape index (κ3) is 5.66. The molecule has 0 amide bonds. The maximum Gasteiger partial charge on any atom is 0.411 e. The van der Waals surface area contributed by atoms with Crippen LogP contribution in [0.5, 0.6) is 0 Å². The third-order valence-corrected chi connectivity index (χ3v) is 3.91. The molecule has 1 aliphatic carbocycles. The van der Waals surface area contributed by atoms with Crippen molar-refractivity contribution in [2.75, 3.05) is 26.8 Å². The molecule has 4 nitrogen and oxygen atoms in total. The number of ether oxygens (including phenoxy) is 1. The molecule has 1 saturated carbocycles. The van der Waals surface area contributed by atoms with Gasteiger partial charge in [-0.05, 0) is 19.9 Å². The summed E-state index contributed by atoms with van der Waals surface area (Å²) in [6.45, 7) is -0.993. The Morgan fingerprint density at radius 2 is 1.90 bits per heavy atom. The average Bonchev–Trinajstić information content (AvgIpc) is 2.33. The molecule has 0 spiro atoms. The fraction of sp³-hybridized carbons (Fsp3) is 0.923. The number of likely N-dealkylation sites (N-methyl/N-ethyl adjacent to an activating group) is 1. The first-order valence-electron chi connectivity index (χ1n) is 6.83. The number of hydrogen-bond acceptors (Lipinski definition) is 3. The molecule has 0 saturated heterocycles. The van der Waals surface area contributed by atoms with Gasteiger partial charge in [0.2, 0.25) is 0 Å². The van der Waals surface area contributed by atoms with Crippen LogP contribution in [0, 0.1) is 0 Å². The summed E-state index contributed by atoms with van der Waals surface area (Å²) in [5.74, 6) is -0.866. The monoisotopic (exact) mass is 297 g/mol. The molecule has 1 N–H and O–H groups in total. The molecule has 1 aliphatic rings. The van der Waals surface area contributed by atoms with Crippen LogP contribution in [0.3, 0.4) is 0 Å². The van der Waals surface area contributed by atoms with Gasteiger partial charge in [0.25, 0.3) is 0 Å². The van der Waals surface area contributed by atoms with E-state index in [-0.39, 0.29) is 13.0 Å². The molecule has 1 rings (SSSR count). The van der Waals surface area contributed by atoms with Gasteiger partial charge in [-0.3, -0.25) is 9.69 Å². The minimum Gasteiger partial charge on any atom is -0.481 e. The molecule has 0 aliphatic heterocycles. The molecule has 0 unspecified atom stereocenters. The van der Waals surface area contributed by atoms with E-state index in [1.54, 1.807) is 7.05 Å². The van der Waals surface area contributed by atoms with E-state index in [9.17, 15) is 18.0 Å². The zero-order chi connectivity index (χ0) is 15.2. The summed E-state index contributed by atoms with van der Waals surface area (Å²) < 4.78 is 40.5. The molecule has 0 aromatic heterocycles. The average molecular weight is 297 g/mol. The Kier molecular flexibility index (Phi) is 6.26. The first-order valence-corrected chi connectivity index (χ1v) is 6.83. The molecule has 20 heavy (non-hydrogen) atoms. The minimum absolute atomic E-state index is 0.0305. The van der Waals surface area contributed by atoms with Crippen molar-refractivity contribution in [3.05, 3.63) is 0 Å². The number of halogens is 3. The maximum atomic E-state index is 12.0. The molecule has 1 fully saturated rings. The van der Waals surface area contributed by atoms with Gasteiger partial charge in [0.15, 0.2) is 0 Å². The number of aliphatic carboxylic acids is 1. The van der Waals surface area contributed by atoms with Crippen LogP contribution < -0.4 is 0 Å². The fourth-order valence-electron chi connectivity index (χ4n) is 2.81. The fourth-order valence-corrected chi connectivity index (χ4v) is 2.81. The standard InChI is InChI=1S/C13H22F3NO3/c1-17(7-8-20-10-13(14,15)16)12(9-11(18)19)5-3-2-4-6-12/h2-10H2,1H3,(H,18,19). The van der Waals surface area contributed by atoms with Gasteiger partial charge in [-0.15, -0.1) is 0 Å². The second-order valence-electron chi connectivity index (χ2n) is 5.44. The van der Waals surface area contributed by atoms with E-state index < -0.39 is 24.3 Å². The Labute approximate surface area is 116 Å². The van der Waals surface area contributed by atoms with Crippen molar-refractivity contribution in [1.82, 2.24) is 4.90 Å². The van der Waals surface area contributed by atoms with Crippen molar-refractivity contribution < 1.29 is 27.8 Å². The quantitative estimate of drug-likeness (QED) is 0.734. The Morgan fingerprint density at radius 3 is 2.40 bits per heavy atom. The summed E-state index contributed by atoms with van der Waals surface area (Å²) in [6, 6.07) is 0. The molecule has 0 aromatic carbocycles. The van der Waals surface area contributed by atoms with E-state index >= 15 is 0 Å². The smallest absolute Gasteiger partial charge is 0.411 e. The first kappa shape index (κ1) is 17.2. The first-order chi connectivity index (χ1) is 9.25. The highest BCUT2D eigenvalue weighted by Crippen LogP contribution is 2.35. The lowest BCUT2D eigenvalue weighted by molar-refractivity contribution is -0.175. The van der Waals surface area contributed by atoms with Gasteiger partial charge < -0.3 is 9.84 Å². The van der Waals surface area contributed by atoms with Crippen LogP contribution in [-0.2, 0) is 9.53 Å². The second kappa shape index (κ2) is 7.26. The lowest BCUT2D eigenvalue weighted by Crippen LogP contribution is -2.50. The zero-order valence-electron chi connectivity index (χ0n) is 11.7. The summed E-state index contributed by atoms with van der Waals surface area (Å²) >= 11 is 0. The van der Waals surface area contributed by atoms with Gasteiger partial charge in [0, 0.05) is 12.1 Å². The molecule has 0 heterocycles. The number of hydrogen-bond donors (Lipinski definition) is 1. The molecule has 0 atom stereocenters. The Balaban J connectivity index is 2.47. The molecule has 0 aromatic rings. The SMILES string of the molecule is CN(CCOCC(F)(F)F)C1(CC(=O)O)CCCCC1. The van der Waals surface area contributed by atoms with E-state index in [2.05, 4.69) is 4.74 Å². The van der Waals surface area contributed by atoms with Crippen LogP contribution in [0.2, 0.25) is 0 Å². The van der Waals surface area contributed by atoms with Crippen LogP contribution in [0.1, 0.15) is 38.5 Å². The van der Waals surface area contributed by atoms with Gasteiger partial charge in [0.1, 0.15) is 6.61 Å². The van der Waals surface area contributed by atoms with Crippen LogP contribution in [0.15, 0.2) is 0 Å². The largest absolute Gasteiger partial charge is 0.481 e. The van der Waals surface area contributed by atoms with Crippen molar-refractivity contribution in [1.29, 1.82) is 0 Å². The Bertz CT molecular complexity index is 314. The predicted molar refractivity (Wildman–Crippen MR) is 67.6 cm³/mol. The summed E-state index contributed by atoms with van der Waals surface area (Å²) in [5.41, 5.74) is -0.439. The third-order valence-electron chi connectivity index (χ3n) is 3.91. The maximum absolute atomic E-state index is 12.0. The van der Waals surface area contributed by atoms with Crippen molar-refractivity contribution in [3.8, 4) is 0 Å². The molecule has 7 heteroatoms. The van der Waals surface area contributed by atoms with Gasteiger partial charge in [-0.25, -0.2) is 0 Å². The Hall–Kier alpha value is -0.820. The number of rotatable bonds is 7. The number of carbonyl (C=O) groups is 1. The van der Waals surface area contributed by atoms with E-state index in [0.717, 1.165) is 32.1 Å². The van der Waals surface area contributed by atoms with Crippen molar-refractivity contribution >= 4 is 5.97 Å². The van der Waals surface area contributed by atoms with Gasteiger partial charge in [-0.2, -0.15) is 13.2 Å². The van der Waals surface area contributed by atoms with E-state index in [4.69, 9.17) is 5.11 Å². The second-order valence-corrected chi connectivity index (χ2v) is 5.44. The van der Waals surface area contributed by atoms with E-state index in [1.165, 1.54) is 0 Å². The number of carboxylic acid groups (broad SMARTS) is 1. The highest BCUT2D eigenvalue weighted by Gasteiger charge is 2.38. The molecule has 0 radical (unpaired) electrons. The lowest BCUT2D eigenvalue weighted by atomic mass is 9.78. The van der Waals surface area contributed by atoms with Crippen molar-refractivity contribution in [2.45, 2.75) is 50.2 Å². The van der Waals surface area contributed by atoms with Crippen LogP contribution in [0.4, 0.5) is 13.2 Å². The Morgan fingerprint density at radius 1 is 1.30 bits per heavy atom. The number of alkyl halides is 3. The van der Waals surface area contributed by atoms with Crippen molar-refractivity contribution in [2.24, 2.45) is 0 Å². The normalized spacial score (nSPS) is 19.2. The van der Waals surface area contributed by atoms with Gasteiger partial charge >= 0.3 is 12.1 Å². The van der Waals surface area contributed by atoms with E-state index in [0.29, 0.717) is 6.54 Å².